The number of nitrogens with zero attached hydrogens (tertiary/aromatic N) is 2. The summed E-state index contributed by atoms with van der Waals surface area (Å²) in [7, 11) is -1.53. The van der Waals surface area contributed by atoms with Crippen LogP contribution in [0.25, 0.3) is 77.2 Å². The predicted octanol–water partition coefficient (Wildman–Crippen LogP) is 7.21. The Bertz CT molecular complexity index is 2360. The van der Waals surface area contributed by atoms with Gasteiger partial charge in [0.1, 0.15) is 0 Å². The fourth-order valence-electron chi connectivity index (χ4n) is 6.95. The molecular formula is C36H23BN2O2. The van der Waals surface area contributed by atoms with E-state index in [0.29, 0.717) is 5.46 Å². The predicted molar refractivity (Wildman–Crippen MR) is 169 cm³/mol. The molecule has 0 amide bonds. The van der Waals surface area contributed by atoms with Crippen LogP contribution in [0.1, 0.15) is 0 Å². The third-order valence-electron chi connectivity index (χ3n) is 8.66. The minimum Gasteiger partial charge on any atom is -0.423 e. The lowest BCUT2D eigenvalue weighted by atomic mass is 9.80. The van der Waals surface area contributed by atoms with Crippen molar-refractivity contribution in [2.24, 2.45) is 0 Å². The standard InChI is InChI=1S/C36H23BN2O2/c40-37(41)22-9-7-10-23(19-22)38-32-17-5-4-14-27(32)30-20-31-29-16-8-15-28-25-12-2-1-11-24(25)26-13-3-6-18-33(26)39(36(28)29)35(31)21-34(30)38/h1-21,40-41H. The maximum atomic E-state index is 9.93. The van der Waals surface area contributed by atoms with Crippen molar-refractivity contribution >= 4 is 56.2 Å². The first kappa shape index (κ1) is 22.7. The summed E-state index contributed by atoms with van der Waals surface area (Å²) in [5.41, 5.74) is 11.9. The molecule has 0 spiro atoms. The second-order valence-corrected chi connectivity index (χ2v) is 10.8. The molecular weight excluding hydrogens is 503 g/mol. The van der Waals surface area contributed by atoms with Crippen molar-refractivity contribution in [1.29, 1.82) is 0 Å². The first-order valence-corrected chi connectivity index (χ1v) is 13.8. The van der Waals surface area contributed by atoms with Crippen molar-refractivity contribution < 1.29 is 10.0 Å². The molecule has 0 atom stereocenters. The number of aromatic nitrogens is 2. The van der Waals surface area contributed by atoms with Gasteiger partial charge in [0, 0.05) is 38.4 Å². The van der Waals surface area contributed by atoms with Crippen molar-refractivity contribution in [3.63, 3.8) is 0 Å². The molecule has 2 aromatic heterocycles. The highest BCUT2D eigenvalue weighted by molar-refractivity contribution is 6.58. The molecule has 8 aromatic rings. The Hall–Kier alpha value is -5.10. The van der Waals surface area contributed by atoms with Crippen LogP contribution in [0.5, 0.6) is 0 Å². The van der Waals surface area contributed by atoms with E-state index in [4.69, 9.17) is 0 Å². The zero-order valence-corrected chi connectivity index (χ0v) is 22.0. The molecule has 0 radical (unpaired) electrons. The minimum absolute atomic E-state index is 0.464. The fraction of sp³-hybridized carbons (Fsp3) is 0. The number of fused-ring (bicyclic) bond motifs is 11. The highest BCUT2D eigenvalue weighted by atomic mass is 16.4. The first-order chi connectivity index (χ1) is 20.2. The summed E-state index contributed by atoms with van der Waals surface area (Å²) < 4.78 is 4.67. The van der Waals surface area contributed by atoms with Gasteiger partial charge in [0.05, 0.1) is 27.8 Å². The van der Waals surface area contributed by atoms with Crippen molar-refractivity contribution in [1.82, 2.24) is 9.13 Å². The van der Waals surface area contributed by atoms with E-state index in [0.717, 1.165) is 33.3 Å². The average Bonchev–Trinajstić information content (AvgIpc) is 3.47. The summed E-state index contributed by atoms with van der Waals surface area (Å²) in [4.78, 5) is 0. The van der Waals surface area contributed by atoms with Crippen LogP contribution >= 0.6 is 0 Å². The molecule has 3 heterocycles. The zero-order valence-electron chi connectivity index (χ0n) is 22.0. The van der Waals surface area contributed by atoms with Gasteiger partial charge in [-0.15, -0.1) is 0 Å². The molecule has 192 valence electrons. The van der Waals surface area contributed by atoms with Crippen molar-refractivity contribution in [3.05, 3.63) is 127 Å². The van der Waals surface area contributed by atoms with E-state index >= 15 is 0 Å². The minimum atomic E-state index is -1.53. The van der Waals surface area contributed by atoms with Gasteiger partial charge in [-0.2, -0.15) is 0 Å². The Morgan fingerprint density at radius 3 is 1.93 bits per heavy atom. The molecule has 2 N–H and O–H groups in total. The van der Waals surface area contributed by atoms with Crippen LogP contribution in [0.4, 0.5) is 0 Å². The lowest BCUT2D eigenvalue weighted by Gasteiger charge is -2.13. The second-order valence-electron chi connectivity index (χ2n) is 10.8. The number of rotatable bonds is 2. The molecule has 1 aliphatic rings. The Labute approximate surface area is 236 Å². The summed E-state index contributed by atoms with van der Waals surface area (Å²) >= 11 is 0. The average molecular weight is 526 g/mol. The number of para-hydroxylation sites is 3. The van der Waals surface area contributed by atoms with Crippen LogP contribution in [0.3, 0.4) is 0 Å². The molecule has 9 rings (SSSR count). The third-order valence-corrected chi connectivity index (χ3v) is 8.66. The SMILES string of the molecule is OB(O)c1cccc(-n2c3ccccc3c3cc4c5cccc6c5n(c4cc32)-c2ccccc2-c2ccccc2-6)c1. The quantitative estimate of drug-likeness (QED) is 0.234. The van der Waals surface area contributed by atoms with Gasteiger partial charge in [0.15, 0.2) is 0 Å². The molecule has 41 heavy (non-hydrogen) atoms. The Balaban J connectivity index is 1.49. The maximum absolute atomic E-state index is 9.93. The summed E-state index contributed by atoms with van der Waals surface area (Å²) in [5, 5.41) is 24.6. The molecule has 0 unspecified atom stereocenters. The van der Waals surface area contributed by atoms with Crippen LogP contribution in [0, 0.1) is 0 Å². The number of hydrogen-bond acceptors (Lipinski definition) is 2. The number of benzene rings is 6. The molecule has 6 aromatic carbocycles. The summed E-state index contributed by atoms with van der Waals surface area (Å²) in [5.74, 6) is 0. The second kappa shape index (κ2) is 8.21. The van der Waals surface area contributed by atoms with Gasteiger partial charge in [-0.3, -0.25) is 0 Å². The zero-order chi connectivity index (χ0) is 27.2. The largest absolute Gasteiger partial charge is 0.488 e. The first-order valence-electron chi connectivity index (χ1n) is 13.8. The van der Waals surface area contributed by atoms with Gasteiger partial charge in [0.25, 0.3) is 0 Å². The Morgan fingerprint density at radius 1 is 0.439 bits per heavy atom. The normalized spacial score (nSPS) is 12.1. The van der Waals surface area contributed by atoms with E-state index in [2.05, 4.69) is 112 Å². The van der Waals surface area contributed by atoms with E-state index < -0.39 is 7.12 Å². The molecule has 0 saturated carbocycles. The fourth-order valence-corrected chi connectivity index (χ4v) is 6.95. The topological polar surface area (TPSA) is 50.3 Å². The lowest BCUT2D eigenvalue weighted by molar-refractivity contribution is 0.426. The van der Waals surface area contributed by atoms with E-state index in [-0.39, 0.29) is 0 Å². The maximum Gasteiger partial charge on any atom is 0.488 e. The lowest BCUT2D eigenvalue weighted by Crippen LogP contribution is -2.29. The third kappa shape index (κ3) is 3.02. The van der Waals surface area contributed by atoms with E-state index in [1.165, 1.54) is 43.9 Å². The van der Waals surface area contributed by atoms with Crippen LogP contribution in [-0.4, -0.2) is 26.3 Å². The van der Waals surface area contributed by atoms with Gasteiger partial charge in [-0.1, -0.05) is 91.0 Å². The number of hydrogen-bond donors (Lipinski definition) is 2. The van der Waals surface area contributed by atoms with Crippen LogP contribution in [0.15, 0.2) is 127 Å². The summed E-state index contributed by atoms with van der Waals surface area (Å²) in [6, 6.07) is 44.6. The molecule has 1 aliphatic heterocycles. The van der Waals surface area contributed by atoms with Gasteiger partial charge in [-0.25, -0.2) is 0 Å². The molecule has 0 saturated heterocycles. The monoisotopic (exact) mass is 526 g/mol. The van der Waals surface area contributed by atoms with E-state index in [1.807, 2.05) is 18.2 Å². The molecule has 0 aliphatic carbocycles. The van der Waals surface area contributed by atoms with E-state index in [1.54, 1.807) is 6.07 Å². The van der Waals surface area contributed by atoms with Crippen molar-refractivity contribution in [2.45, 2.75) is 0 Å². The van der Waals surface area contributed by atoms with Crippen LogP contribution in [-0.2, 0) is 0 Å². The van der Waals surface area contributed by atoms with Gasteiger partial charge < -0.3 is 19.2 Å². The highest BCUT2D eigenvalue weighted by Gasteiger charge is 2.25. The van der Waals surface area contributed by atoms with Gasteiger partial charge in [-0.05, 0) is 53.0 Å². The van der Waals surface area contributed by atoms with Gasteiger partial charge >= 0.3 is 7.12 Å². The van der Waals surface area contributed by atoms with E-state index in [9.17, 15) is 10.0 Å². The molecule has 5 heteroatoms. The smallest absolute Gasteiger partial charge is 0.423 e. The van der Waals surface area contributed by atoms with Crippen molar-refractivity contribution in [2.75, 3.05) is 0 Å². The molecule has 4 nitrogen and oxygen atoms in total. The Kier molecular flexibility index (Phi) is 4.54. The highest BCUT2D eigenvalue weighted by Crippen LogP contribution is 2.47. The molecule has 0 fully saturated rings. The Morgan fingerprint density at radius 2 is 1.07 bits per heavy atom. The van der Waals surface area contributed by atoms with Crippen molar-refractivity contribution in [3.8, 4) is 33.6 Å². The summed E-state index contributed by atoms with van der Waals surface area (Å²) in [6.45, 7) is 0. The van der Waals surface area contributed by atoms with Gasteiger partial charge in [0.2, 0.25) is 0 Å². The molecule has 0 bridgehead atoms. The summed E-state index contributed by atoms with van der Waals surface area (Å²) in [6.07, 6.45) is 0. The van der Waals surface area contributed by atoms with Crippen LogP contribution in [0.2, 0.25) is 0 Å². The van der Waals surface area contributed by atoms with Crippen LogP contribution < -0.4 is 5.46 Å².